The molecule has 1 saturated heterocycles. The van der Waals surface area contributed by atoms with Crippen LogP contribution >= 0.6 is 0 Å². The Morgan fingerprint density at radius 1 is 0.880 bits per heavy atom. The van der Waals surface area contributed by atoms with E-state index in [1.807, 2.05) is 32.7 Å². The number of nitrogens with one attached hydrogen (secondary N) is 1. The molecule has 1 aliphatic rings. The van der Waals surface area contributed by atoms with Gasteiger partial charge < -0.3 is 47.8 Å². The lowest BCUT2D eigenvalue weighted by Gasteiger charge is -2.45. The first-order valence-electron chi connectivity index (χ1n) is 17.0. The van der Waals surface area contributed by atoms with E-state index in [4.69, 9.17) is 37.6 Å². The van der Waals surface area contributed by atoms with E-state index in [-0.39, 0.29) is 52.1 Å². The maximum Gasteiger partial charge on any atom is 0.410 e. The molecule has 1 N–H and O–H groups in total. The van der Waals surface area contributed by atoms with Crippen LogP contribution in [0.2, 0.25) is 0 Å². The zero-order valence-corrected chi connectivity index (χ0v) is 31.4. The minimum atomic E-state index is -0.519. The number of hydrogen-bond donors (Lipinski definition) is 1. The number of methoxy groups -OCH3 is 5. The number of likely N-dealkylation sites (tertiary alicyclic amines) is 1. The van der Waals surface area contributed by atoms with Crippen LogP contribution in [0.4, 0.5) is 4.79 Å². The zero-order chi connectivity index (χ0) is 36.8. The van der Waals surface area contributed by atoms with Crippen LogP contribution in [0.15, 0.2) is 33.5 Å². The monoisotopic (exact) mass is 698 g/mol. The molecule has 276 valence electrons. The van der Waals surface area contributed by atoms with Gasteiger partial charge in [-0.3, -0.25) is 4.79 Å². The van der Waals surface area contributed by atoms with Crippen molar-refractivity contribution in [1.82, 2.24) is 10.2 Å². The van der Waals surface area contributed by atoms with Gasteiger partial charge in [-0.1, -0.05) is 13.8 Å². The van der Waals surface area contributed by atoms with E-state index < -0.39 is 5.60 Å². The summed E-state index contributed by atoms with van der Waals surface area (Å²) in [4.78, 5) is 28.6. The number of piperidine rings is 1. The maximum atomic E-state index is 14.2. The van der Waals surface area contributed by atoms with E-state index in [2.05, 4.69) is 19.2 Å². The second kappa shape index (κ2) is 16.1. The van der Waals surface area contributed by atoms with Crippen LogP contribution in [0.25, 0.3) is 22.3 Å². The molecule has 0 bridgehead atoms. The Labute approximate surface area is 295 Å². The second-order valence-corrected chi connectivity index (χ2v) is 14.1. The molecule has 0 spiro atoms. The van der Waals surface area contributed by atoms with Crippen molar-refractivity contribution in [3.05, 3.63) is 34.5 Å². The smallest absolute Gasteiger partial charge is 0.410 e. The summed E-state index contributed by atoms with van der Waals surface area (Å²) >= 11 is 0. The number of hydrogen-bond acceptors (Lipinski definition) is 11. The number of rotatable bonds is 14. The summed E-state index contributed by atoms with van der Waals surface area (Å²) < 4.78 is 46.1. The number of fused-ring (bicyclic) bond motifs is 1. The third-order valence-electron chi connectivity index (χ3n) is 9.60. The summed E-state index contributed by atoms with van der Waals surface area (Å²) in [5.41, 5.74) is -0.185. The van der Waals surface area contributed by atoms with Crippen molar-refractivity contribution in [3.63, 3.8) is 0 Å². The summed E-state index contributed by atoms with van der Waals surface area (Å²) in [5, 5.41) is 3.77. The molecule has 0 saturated carbocycles. The molecule has 2 heterocycles. The fraction of sp³-hybridized carbons (Fsp3) is 0.579. The number of carbonyl (C=O) groups excluding carboxylic acids is 1. The normalized spacial score (nSPS) is 14.7. The van der Waals surface area contributed by atoms with Gasteiger partial charge in [0.05, 0.1) is 42.2 Å². The molecule has 0 aliphatic carbocycles. The van der Waals surface area contributed by atoms with E-state index in [0.717, 1.165) is 19.3 Å². The molecule has 1 fully saturated rings. The Hall–Kier alpha value is -4.32. The first kappa shape index (κ1) is 38.5. The molecule has 3 aromatic rings. The van der Waals surface area contributed by atoms with Gasteiger partial charge in [0, 0.05) is 36.8 Å². The van der Waals surface area contributed by atoms with Crippen molar-refractivity contribution >= 4 is 17.1 Å². The average Bonchev–Trinajstić information content (AvgIpc) is 3.10. The number of benzene rings is 2. The molecule has 0 radical (unpaired) electrons. The summed E-state index contributed by atoms with van der Waals surface area (Å²) in [6.45, 7) is 11.8. The van der Waals surface area contributed by atoms with Gasteiger partial charge in [-0.15, -0.1) is 0 Å². The highest BCUT2D eigenvalue weighted by Crippen LogP contribution is 2.44. The zero-order valence-electron chi connectivity index (χ0n) is 31.4. The van der Waals surface area contributed by atoms with Crippen molar-refractivity contribution < 1.29 is 42.4 Å². The van der Waals surface area contributed by atoms with E-state index in [9.17, 15) is 9.59 Å². The number of nitrogens with zero attached hydrogens (tertiary/aromatic N) is 1. The average molecular weight is 699 g/mol. The van der Waals surface area contributed by atoms with Crippen LogP contribution in [0.3, 0.4) is 0 Å². The minimum Gasteiger partial charge on any atom is -0.496 e. The van der Waals surface area contributed by atoms with Crippen molar-refractivity contribution in [2.24, 2.45) is 11.3 Å². The molecule has 12 nitrogen and oxygen atoms in total. The molecular formula is C38H54N2O10. The molecule has 1 aliphatic heterocycles. The SMILES string of the molecule is CNC(CCCOc1c(-c2cc(OC)c(OC)c(OC)c2)oc2cc(OC)cc(OC)c2c1=O)C(C)(C)C1CCN(C(=O)OC(C)(C)C)CC1. The van der Waals surface area contributed by atoms with Crippen LogP contribution in [0.1, 0.15) is 60.3 Å². The van der Waals surface area contributed by atoms with E-state index in [1.165, 1.54) is 35.5 Å². The van der Waals surface area contributed by atoms with Crippen molar-refractivity contribution in [2.75, 3.05) is 62.3 Å². The highest BCUT2D eigenvalue weighted by atomic mass is 16.6. The molecule has 50 heavy (non-hydrogen) atoms. The molecule has 1 atom stereocenters. The van der Waals surface area contributed by atoms with Crippen molar-refractivity contribution in [3.8, 4) is 45.8 Å². The van der Waals surface area contributed by atoms with Gasteiger partial charge in [0.2, 0.25) is 16.9 Å². The lowest BCUT2D eigenvalue weighted by atomic mass is 9.68. The van der Waals surface area contributed by atoms with E-state index in [0.29, 0.717) is 59.7 Å². The van der Waals surface area contributed by atoms with E-state index in [1.54, 1.807) is 24.3 Å². The number of ether oxygens (including phenoxy) is 7. The minimum absolute atomic E-state index is 0.0463. The molecule has 4 rings (SSSR count). The highest BCUT2D eigenvalue weighted by molar-refractivity contribution is 5.89. The first-order chi connectivity index (χ1) is 23.7. The van der Waals surface area contributed by atoms with Crippen molar-refractivity contribution in [2.45, 2.75) is 71.9 Å². The Balaban J connectivity index is 1.59. The fourth-order valence-electron chi connectivity index (χ4n) is 6.82. The van der Waals surface area contributed by atoms with Gasteiger partial charge in [0.25, 0.3) is 0 Å². The Morgan fingerprint density at radius 2 is 1.50 bits per heavy atom. The van der Waals surface area contributed by atoms with Gasteiger partial charge in [0.1, 0.15) is 28.1 Å². The summed E-state index contributed by atoms with van der Waals surface area (Å²) in [7, 11) is 9.56. The molecule has 2 aromatic carbocycles. The maximum absolute atomic E-state index is 14.2. The van der Waals surface area contributed by atoms with Gasteiger partial charge in [-0.05, 0) is 77.0 Å². The highest BCUT2D eigenvalue weighted by Gasteiger charge is 2.39. The summed E-state index contributed by atoms with van der Waals surface area (Å²) in [5.74, 6) is 2.64. The van der Waals surface area contributed by atoms with Crippen LogP contribution in [-0.4, -0.2) is 84.9 Å². The third-order valence-corrected chi connectivity index (χ3v) is 9.60. The van der Waals surface area contributed by atoms with Gasteiger partial charge in [-0.25, -0.2) is 4.79 Å². The molecule has 1 unspecified atom stereocenters. The fourth-order valence-corrected chi connectivity index (χ4v) is 6.82. The van der Waals surface area contributed by atoms with Crippen LogP contribution in [-0.2, 0) is 4.74 Å². The lowest BCUT2D eigenvalue weighted by Crippen LogP contribution is -2.50. The molecule has 12 heteroatoms. The Morgan fingerprint density at radius 3 is 2.02 bits per heavy atom. The topological polar surface area (TPSA) is 127 Å². The lowest BCUT2D eigenvalue weighted by molar-refractivity contribution is 0.00772. The Bertz CT molecular complexity index is 1660. The van der Waals surface area contributed by atoms with Crippen LogP contribution in [0, 0.1) is 11.3 Å². The standard InChI is InChI=1S/C38H54N2O10/c1-37(2,3)50-36(42)40-16-14-24(15-17-40)38(4,5)30(39-6)13-12-18-48-35-32(41)31-26(44-8)21-25(43-7)22-27(31)49-33(35)23-19-28(45-9)34(47-11)29(20-23)46-10/h19-22,24,30,39H,12-18H2,1-11H3. The van der Waals surface area contributed by atoms with Gasteiger partial charge in [-0.2, -0.15) is 0 Å². The predicted octanol–water partition coefficient (Wildman–Crippen LogP) is 6.92. The first-order valence-corrected chi connectivity index (χ1v) is 17.0. The second-order valence-electron chi connectivity index (χ2n) is 14.1. The largest absolute Gasteiger partial charge is 0.496 e. The van der Waals surface area contributed by atoms with Gasteiger partial charge >= 0.3 is 6.09 Å². The molecular weight excluding hydrogens is 644 g/mol. The number of amides is 1. The van der Waals surface area contributed by atoms with Crippen molar-refractivity contribution in [1.29, 1.82) is 0 Å². The third kappa shape index (κ3) is 8.34. The van der Waals surface area contributed by atoms with E-state index >= 15 is 0 Å². The van der Waals surface area contributed by atoms with Crippen LogP contribution in [0.5, 0.6) is 34.5 Å². The quantitative estimate of drug-likeness (QED) is 0.176. The molecule has 1 aromatic heterocycles. The predicted molar refractivity (Wildman–Crippen MR) is 193 cm³/mol. The summed E-state index contributed by atoms with van der Waals surface area (Å²) in [6, 6.07) is 6.87. The Kier molecular flexibility index (Phi) is 12.4. The summed E-state index contributed by atoms with van der Waals surface area (Å²) in [6.07, 6.45) is 3.00. The van der Waals surface area contributed by atoms with Crippen LogP contribution < -0.4 is 39.2 Å². The molecule has 1 amide bonds. The number of carbonyl (C=O) groups is 1. The van der Waals surface area contributed by atoms with Gasteiger partial charge in [0.15, 0.2) is 17.3 Å².